The highest BCUT2D eigenvalue weighted by atomic mass is 35.5. The summed E-state index contributed by atoms with van der Waals surface area (Å²) in [6.07, 6.45) is -6.60. The topological polar surface area (TPSA) is 43.1 Å². The minimum atomic E-state index is -6.60. The molecule has 1 heterocycles. The van der Waals surface area contributed by atoms with E-state index in [1.165, 1.54) is 0 Å². The van der Waals surface area contributed by atoms with Gasteiger partial charge >= 0.3 is 23.6 Å². The van der Waals surface area contributed by atoms with Crippen molar-refractivity contribution in [2.75, 3.05) is 0 Å². The van der Waals surface area contributed by atoms with Crippen molar-refractivity contribution in [1.82, 2.24) is 4.98 Å². The quantitative estimate of drug-likeness (QED) is 0.700. The second-order valence-electron chi connectivity index (χ2n) is 4.24. The van der Waals surface area contributed by atoms with E-state index in [9.17, 15) is 35.5 Å². The molecule has 2 aromatic rings. The molecule has 0 saturated heterocycles. The first-order valence-electron chi connectivity index (χ1n) is 5.42. The van der Waals surface area contributed by atoms with E-state index in [-0.39, 0.29) is 5.02 Å². The molecule has 0 fully saturated rings. The molecule has 0 N–H and O–H groups in total. The molecule has 0 saturated carbocycles. The molecule has 3 nitrogen and oxygen atoms in total. The fourth-order valence-electron chi connectivity index (χ4n) is 1.55. The van der Waals surface area contributed by atoms with Crippen LogP contribution < -0.4 is 5.63 Å². The molecule has 1 aromatic carbocycles. The van der Waals surface area contributed by atoms with Crippen molar-refractivity contribution in [3.05, 3.63) is 38.5 Å². The van der Waals surface area contributed by atoms with Crippen LogP contribution in [0.3, 0.4) is 0 Å². The number of fused-ring (bicyclic) bond motifs is 1. The highest BCUT2D eigenvalue weighted by molar-refractivity contribution is 6.38. The SMILES string of the molecule is O=c1oc(C(F)(F)C(F)(F)C(F)(F)F)nc2c(Cl)cc(Cl)cc12. The van der Waals surface area contributed by atoms with Crippen molar-refractivity contribution in [3.8, 4) is 0 Å². The first-order valence-corrected chi connectivity index (χ1v) is 6.17. The summed E-state index contributed by atoms with van der Waals surface area (Å²) in [5.74, 6) is -14.9. The molecule has 1 aromatic heterocycles. The predicted molar refractivity (Wildman–Crippen MR) is 65.2 cm³/mol. The molecule has 0 unspecified atom stereocenters. The maximum atomic E-state index is 13.5. The number of nitrogens with zero attached hydrogens (tertiary/aromatic N) is 1. The van der Waals surface area contributed by atoms with Crippen molar-refractivity contribution >= 4 is 34.1 Å². The zero-order valence-electron chi connectivity index (χ0n) is 10.3. The van der Waals surface area contributed by atoms with E-state index in [1.807, 2.05) is 0 Å². The predicted octanol–water partition coefficient (Wildman–Crippen LogP) is 4.78. The van der Waals surface area contributed by atoms with Gasteiger partial charge in [0.2, 0.25) is 0 Å². The van der Waals surface area contributed by atoms with Gasteiger partial charge in [0.05, 0.1) is 10.4 Å². The summed E-state index contributed by atoms with van der Waals surface area (Å²) in [5, 5.41) is -1.19. The van der Waals surface area contributed by atoms with Crippen LogP contribution in [0.15, 0.2) is 21.3 Å². The van der Waals surface area contributed by atoms with E-state index < -0.39 is 45.5 Å². The van der Waals surface area contributed by atoms with Crippen LogP contribution in [0.25, 0.3) is 10.9 Å². The maximum absolute atomic E-state index is 13.5. The van der Waals surface area contributed by atoms with Crippen LogP contribution in [0.2, 0.25) is 10.0 Å². The molecular formula is C11H2Cl2F7NO2. The number of benzene rings is 1. The standard InChI is InChI=1S/C11H2Cl2F7NO2/c12-3-1-4-6(5(13)2-3)21-8(23-7(4)22)9(14,15)10(16,17)11(18,19)20/h1-2H. The van der Waals surface area contributed by atoms with E-state index in [4.69, 9.17) is 23.2 Å². The summed E-state index contributed by atoms with van der Waals surface area (Å²) in [6, 6.07) is 1.81. The van der Waals surface area contributed by atoms with Gasteiger partial charge in [-0.25, -0.2) is 9.78 Å². The van der Waals surface area contributed by atoms with Crippen LogP contribution in [-0.2, 0) is 5.92 Å². The van der Waals surface area contributed by atoms with Gasteiger partial charge in [-0.1, -0.05) is 23.2 Å². The summed E-state index contributed by atoms with van der Waals surface area (Å²) in [5.41, 5.74) is -2.40. The Morgan fingerprint density at radius 3 is 2.09 bits per heavy atom. The van der Waals surface area contributed by atoms with Crippen molar-refractivity contribution in [2.45, 2.75) is 18.0 Å². The normalized spacial score (nSPS) is 13.6. The van der Waals surface area contributed by atoms with Crippen LogP contribution in [0.1, 0.15) is 5.89 Å². The lowest BCUT2D eigenvalue weighted by atomic mass is 10.1. The third kappa shape index (κ3) is 2.74. The minimum Gasteiger partial charge on any atom is -0.401 e. The van der Waals surface area contributed by atoms with Gasteiger partial charge in [0.15, 0.2) is 0 Å². The molecule has 126 valence electrons. The van der Waals surface area contributed by atoms with Gasteiger partial charge in [-0.15, -0.1) is 0 Å². The van der Waals surface area contributed by atoms with Gasteiger partial charge in [0, 0.05) is 5.02 Å². The Hall–Kier alpha value is -1.55. The number of aromatic nitrogens is 1. The first-order chi connectivity index (χ1) is 10.3. The minimum absolute atomic E-state index is 0.128. The average Bonchev–Trinajstić information content (AvgIpc) is 2.38. The lowest BCUT2D eigenvalue weighted by Gasteiger charge is -2.26. The molecule has 23 heavy (non-hydrogen) atoms. The van der Waals surface area contributed by atoms with Crippen molar-refractivity contribution < 1.29 is 35.2 Å². The number of halogens is 9. The van der Waals surface area contributed by atoms with Crippen LogP contribution in [0.5, 0.6) is 0 Å². The Morgan fingerprint density at radius 1 is 1.00 bits per heavy atom. The molecule has 2 rings (SSSR count). The lowest BCUT2D eigenvalue weighted by Crippen LogP contribution is -2.50. The van der Waals surface area contributed by atoms with E-state index in [1.54, 1.807) is 0 Å². The van der Waals surface area contributed by atoms with E-state index in [0.29, 0.717) is 0 Å². The van der Waals surface area contributed by atoms with Crippen LogP contribution in [0, 0.1) is 0 Å². The van der Waals surface area contributed by atoms with Crippen LogP contribution in [0.4, 0.5) is 30.7 Å². The zero-order valence-corrected chi connectivity index (χ0v) is 11.8. The smallest absolute Gasteiger partial charge is 0.401 e. The Morgan fingerprint density at radius 2 is 1.57 bits per heavy atom. The molecular weight excluding hydrogens is 382 g/mol. The van der Waals surface area contributed by atoms with Crippen LogP contribution in [-0.4, -0.2) is 17.1 Å². The third-order valence-electron chi connectivity index (χ3n) is 2.67. The molecule has 0 spiro atoms. The molecule has 0 bridgehead atoms. The number of hydrogen-bond donors (Lipinski definition) is 0. The highest BCUT2D eigenvalue weighted by Crippen LogP contribution is 2.51. The molecule has 0 aliphatic carbocycles. The Labute approximate surface area is 131 Å². The number of rotatable bonds is 2. The molecule has 0 atom stereocenters. The Kier molecular flexibility index (Phi) is 4.05. The second kappa shape index (κ2) is 5.23. The fraction of sp³-hybridized carbons (Fsp3) is 0.273. The largest absolute Gasteiger partial charge is 0.460 e. The van der Waals surface area contributed by atoms with Crippen LogP contribution >= 0.6 is 23.2 Å². The van der Waals surface area contributed by atoms with Crippen molar-refractivity contribution in [3.63, 3.8) is 0 Å². The first kappa shape index (κ1) is 17.8. The van der Waals surface area contributed by atoms with Crippen molar-refractivity contribution in [2.24, 2.45) is 0 Å². The van der Waals surface area contributed by atoms with Gasteiger partial charge in [0.25, 0.3) is 5.89 Å². The Balaban J connectivity index is 2.77. The van der Waals surface area contributed by atoms with E-state index in [0.717, 1.165) is 12.1 Å². The van der Waals surface area contributed by atoms with Crippen molar-refractivity contribution in [1.29, 1.82) is 0 Å². The van der Waals surface area contributed by atoms with E-state index >= 15 is 0 Å². The summed E-state index contributed by atoms with van der Waals surface area (Å²) in [4.78, 5) is 14.4. The van der Waals surface area contributed by atoms with E-state index in [2.05, 4.69) is 9.40 Å². The van der Waals surface area contributed by atoms with Gasteiger partial charge < -0.3 is 4.42 Å². The molecule has 0 aliphatic rings. The molecule has 0 aliphatic heterocycles. The van der Waals surface area contributed by atoms with Gasteiger partial charge in [-0.05, 0) is 12.1 Å². The maximum Gasteiger partial charge on any atom is 0.460 e. The molecule has 12 heteroatoms. The average molecular weight is 384 g/mol. The summed E-state index contributed by atoms with van der Waals surface area (Å²) >= 11 is 11.1. The van der Waals surface area contributed by atoms with Gasteiger partial charge in [-0.2, -0.15) is 30.7 Å². The van der Waals surface area contributed by atoms with Gasteiger partial charge in [-0.3, -0.25) is 0 Å². The second-order valence-corrected chi connectivity index (χ2v) is 5.08. The van der Waals surface area contributed by atoms with Gasteiger partial charge in [0.1, 0.15) is 5.52 Å². The fourth-order valence-corrected chi connectivity index (χ4v) is 2.08. The number of alkyl halides is 7. The zero-order chi connectivity index (χ0) is 17.8. The lowest BCUT2D eigenvalue weighted by molar-refractivity contribution is -0.364. The third-order valence-corrected chi connectivity index (χ3v) is 3.18. The summed E-state index contributed by atoms with van der Waals surface area (Å²) in [6.45, 7) is 0. The highest BCUT2D eigenvalue weighted by Gasteiger charge is 2.75. The number of hydrogen-bond acceptors (Lipinski definition) is 3. The molecule has 0 radical (unpaired) electrons. The monoisotopic (exact) mass is 383 g/mol. The summed E-state index contributed by atoms with van der Waals surface area (Å²) in [7, 11) is 0. The Bertz CT molecular complexity index is 831. The molecule has 0 amide bonds. The summed E-state index contributed by atoms with van der Waals surface area (Å²) < 4.78 is 93.2.